The van der Waals surface area contributed by atoms with Crippen molar-refractivity contribution in [1.82, 2.24) is 0 Å². The molecule has 19 heavy (non-hydrogen) atoms. The fourth-order valence-corrected chi connectivity index (χ4v) is 1.86. The Hall–Kier alpha value is -1.51. The molecule has 1 aliphatic rings. The molecule has 1 aliphatic carbocycles. The molecule has 0 bridgehead atoms. The van der Waals surface area contributed by atoms with Crippen LogP contribution in [0.5, 0.6) is 0 Å². The number of esters is 1. The number of hydrogen-bond acceptors (Lipinski definition) is 3. The van der Waals surface area contributed by atoms with Crippen LogP contribution in [0.25, 0.3) is 0 Å². The predicted octanol–water partition coefficient (Wildman–Crippen LogP) is 3.77. The van der Waals surface area contributed by atoms with Crippen molar-refractivity contribution in [2.24, 2.45) is 5.92 Å². The first kappa shape index (κ1) is 15.5. The van der Waals surface area contributed by atoms with Crippen molar-refractivity contribution < 1.29 is 14.3 Å². The molecule has 0 N–H and O–H groups in total. The highest BCUT2D eigenvalue weighted by Crippen LogP contribution is 2.18. The highest BCUT2D eigenvalue weighted by Gasteiger charge is 2.11. The van der Waals surface area contributed by atoms with Gasteiger partial charge in [-0.2, -0.15) is 0 Å². The first-order chi connectivity index (χ1) is 9.15. The van der Waals surface area contributed by atoms with Gasteiger partial charge in [0.05, 0.1) is 6.61 Å². The summed E-state index contributed by atoms with van der Waals surface area (Å²) in [6.45, 7) is 7.93. The number of hydrogen-bond donors (Lipinski definition) is 0. The third kappa shape index (κ3) is 6.27. The lowest BCUT2D eigenvalue weighted by atomic mass is 10.1. The summed E-state index contributed by atoms with van der Waals surface area (Å²) in [6.07, 6.45) is 11.8. The number of allylic oxidation sites excluding steroid dienone is 2. The fourth-order valence-electron chi connectivity index (χ4n) is 1.86. The van der Waals surface area contributed by atoms with Crippen LogP contribution in [0.2, 0.25) is 0 Å². The van der Waals surface area contributed by atoms with E-state index in [9.17, 15) is 4.79 Å². The van der Waals surface area contributed by atoms with Crippen molar-refractivity contribution in [1.29, 1.82) is 0 Å². The fraction of sp³-hybridized carbons (Fsp3) is 0.562. The van der Waals surface area contributed by atoms with E-state index in [1.807, 2.05) is 13.0 Å². The lowest BCUT2D eigenvalue weighted by molar-refractivity contribution is -0.144. The number of carbonyl (C=O) groups is 1. The Morgan fingerprint density at radius 3 is 2.95 bits per heavy atom. The highest BCUT2D eigenvalue weighted by molar-refractivity contribution is 5.68. The third-order valence-corrected chi connectivity index (χ3v) is 2.94. The van der Waals surface area contributed by atoms with Crippen LogP contribution in [0.3, 0.4) is 0 Å². The molecule has 3 heteroatoms. The van der Waals surface area contributed by atoms with Gasteiger partial charge in [-0.15, -0.1) is 0 Å². The first-order valence-corrected chi connectivity index (χ1v) is 6.99. The molecule has 0 radical (unpaired) electrons. The molecule has 0 fully saturated rings. The molecule has 1 rings (SSSR count). The van der Waals surface area contributed by atoms with E-state index in [0.29, 0.717) is 13.0 Å². The zero-order valence-corrected chi connectivity index (χ0v) is 11.9. The molecular weight excluding hydrogens is 240 g/mol. The van der Waals surface area contributed by atoms with Crippen LogP contribution in [-0.2, 0) is 14.3 Å². The SMILES string of the molecule is C=C/C(=C\C(C)COC(=O)CC)OC1C=CCCC1. The number of rotatable bonds is 7. The third-order valence-electron chi connectivity index (χ3n) is 2.94. The Labute approximate surface area is 116 Å². The van der Waals surface area contributed by atoms with Gasteiger partial charge in [-0.25, -0.2) is 0 Å². The zero-order chi connectivity index (χ0) is 14.1. The van der Waals surface area contributed by atoms with Crippen LogP contribution in [0.4, 0.5) is 0 Å². The lowest BCUT2D eigenvalue weighted by Gasteiger charge is -2.20. The summed E-state index contributed by atoms with van der Waals surface area (Å²) in [6, 6.07) is 0. The van der Waals surface area contributed by atoms with Crippen LogP contribution >= 0.6 is 0 Å². The maximum atomic E-state index is 11.1. The van der Waals surface area contributed by atoms with Gasteiger partial charge in [0.15, 0.2) is 0 Å². The van der Waals surface area contributed by atoms with E-state index in [0.717, 1.165) is 25.0 Å². The van der Waals surface area contributed by atoms with Gasteiger partial charge in [0.2, 0.25) is 0 Å². The molecule has 0 amide bonds. The summed E-state index contributed by atoms with van der Waals surface area (Å²) in [5.74, 6) is 0.712. The Kier molecular flexibility index (Phi) is 7.01. The van der Waals surface area contributed by atoms with E-state index in [1.165, 1.54) is 0 Å². The normalized spacial score (nSPS) is 20.7. The summed E-state index contributed by atoms with van der Waals surface area (Å²) < 4.78 is 11.0. The summed E-state index contributed by atoms with van der Waals surface area (Å²) in [4.78, 5) is 11.1. The zero-order valence-electron chi connectivity index (χ0n) is 11.9. The van der Waals surface area contributed by atoms with Gasteiger partial charge in [-0.05, 0) is 37.5 Å². The summed E-state index contributed by atoms with van der Waals surface area (Å²) >= 11 is 0. The summed E-state index contributed by atoms with van der Waals surface area (Å²) in [7, 11) is 0. The van der Waals surface area contributed by atoms with E-state index in [2.05, 4.69) is 18.7 Å². The van der Waals surface area contributed by atoms with Gasteiger partial charge in [0.25, 0.3) is 0 Å². The largest absolute Gasteiger partial charge is 0.487 e. The van der Waals surface area contributed by atoms with Gasteiger partial charge in [0.1, 0.15) is 11.9 Å². The molecule has 0 heterocycles. The molecule has 0 aromatic rings. The van der Waals surface area contributed by atoms with E-state index in [-0.39, 0.29) is 18.0 Å². The van der Waals surface area contributed by atoms with Crippen molar-refractivity contribution in [3.05, 3.63) is 36.6 Å². The van der Waals surface area contributed by atoms with Crippen LogP contribution < -0.4 is 0 Å². The molecule has 0 aromatic heterocycles. The van der Waals surface area contributed by atoms with Gasteiger partial charge in [0, 0.05) is 12.3 Å². The van der Waals surface area contributed by atoms with Crippen molar-refractivity contribution in [3.8, 4) is 0 Å². The second-order valence-corrected chi connectivity index (χ2v) is 4.80. The lowest BCUT2D eigenvalue weighted by Crippen LogP contribution is -2.13. The van der Waals surface area contributed by atoms with Gasteiger partial charge in [-0.3, -0.25) is 4.79 Å². The van der Waals surface area contributed by atoms with Crippen molar-refractivity contribution in [2.75, 3.05) is 6.61 Å². The Morgan fingerprint density at radius 2 is 2.37 bits per heavy atom. The molecule has 0 aliphatic heterocycles. The second-order valence-electron chi connectivity index (χ2n) is 4.80. The smallest absolute Gasteiger partial charge is 0.305 e. The number of carbonyl (C=O) groups excluding carboxylic acids is 1. The van der Waals surface area contributed by atoms with Gasteiger partial charge < -0.3 is 9.47 Å². The maximum absolute atomic E-state index is 11.1. The van der Waals surface area contributed by atoms with Crippen molar-refractivity contribution >= 4 is 5.97 Å². The Morgan fingerprint density at radius 1 is 1.58 bits per heavy atom. The Balaban J connectivity index is 2.45. The molecule has 0 aromatic carbocycles. The second kappa shape index (κ2) is 8.57. The molecule has 3 nitrogen and oxygen atoms in total. The van der Waals surface area contributed by atoms with Crippen molar-refractivity contribution in [2.45, 2.75) is 45.6 Å². The van der Waals surface area contributed by atoms with Gasteiger partial charge in [-0.1, -0.05) is 26.5 Å². The number of ether oxygens (including phenoxy) is 2. The van der Waals surface area contributed by atoms with E-state index in [1.54, 1.807) is 13.0 Å². The average Bonchev–Trinajstić information content (AvgIpc) is 2.45. The molecular formula is C16H24O3. The predicted molar refractivity (Wildman–Crippen MR) is 76.6 cm³/mol. The van der Waals surface area contributed by atoms with Gasteiger partial charge >= 0.3 is 5.97 Å². The molecule has 0 saturated carbocycles. The molecule has 0 saturated heterocycles. The molecule has 0 spiro atoms. The minimum atomic E-state index is -0.170. The van der Waals surface area contributed by atoms with Crippen LogP contribution in [0, 0.1) is 5.92 Å². The van der Waals surface area contributed by atoms with Crippen LogP contribution in [-0.4, -0.2) is 18.7 Å². The topological polar surface area (TPSA) is 35.5 Å². The van der Waals surface area contributed by atoms with Crippen LogP contribution in [0.15, 0.2) is 36.6 Å². The van der Waals surface area contributed by atoms with Crippen molar-refractivity contribution in [3.63, 3.8) is 0 Å². The molecule has 106 valence electrons. The quantitative estimate of drug-likeness (QED) is 0.304. The maximum Gasteiger partial charge on any atom is 0.305 e. The van der Waals surface area contributed by atoms with E-state index < -0.39 is 0 Å². The van der Waals surface area contributed by atoms with E-state index >= 15 is 0 Å². The first-order valence-electron chi connectivity index (χ1n) is 6.99. The Bertz CT molecular complexity index is 355. The standard InChI is InChI=1S/C16H24O3/c1-4-14(19-15-9-7-6-8-10-15)11-13(3)12-18-16(17)5-2/h4,7,9,11,13,15H,1,5-6,8,10,12H2,2-3H3/b14-11+. The highest BCUT2D eigenvalue weighted by atomic mass is 16.5. The average molecular weight is 264 g/mol. The minimum Gasteiger partial charge on any atom is -0.487 e. The summed E-state index contributed by atoms with van der Waals surface area (Å²) in [5.41, 5.74) is 0. The monoisotopic (exact) mass is 264 g/mol. The van der Waals surface area contributed by atoms with E-state index in [4.69, 9.17) is 9.47 Å². The molecule has 2 unspecified atom stereocenters. The summed E-state index contributed by atoms with van der Waals surface area (Å²) in [5, 5.41) is 0. The van der Waals surface area contributed by atoms with Crippen LogP contribution in [0.1, 0.15) is 39.5 Å². The minimum absolute atomic E-state index is 0.121. The molecule has 2 atom stereocenters.